The monoisotopic (exact) mass is 567 g/mol. The average Bonchev–Trinajstić information content (AvgIpc) is 2.97. The number of amides is 1. The van der Waals surface area contributed by atoms with Gasteiger partial charge in [-0.3, -0.25) is 14.4 Å². The molecule has 2 aliphatic heterocycles. The van der Waals surface area contributed by atoms with Gasteiger partial charge in [-0.25, -0.2) is 0 Å². The van der Waals surface area contributed by atoms with E-state index in [1.165, 1.54) is 12.0 Å². The zero-order chi connectivity index (χ0) is 29.6. The van der Waals surface area contributed by atoms with Crippen molar-refractivity contribution in [3.8, 4) is 11.5 Å². The zero-order valence-electron chi connectivity index (χ0n) is 23.8. The van der Waals surface area contributed by atoms with Gasteiger partial charge in [-0.05, 0) is 49.1 Å². The number of piperidine rings is 1. The number of nitrogens with zero attached hydrogens (tertiary/aromatic N) is 1. The van der Waals surface area contributed by atoms with Crippen molar-refractivity contribution >= 4 is 17.8 Å². The molecule has 1 N–H and O–H groups in total. The van der Waals surface area contributed by atoms with E-state index >= 15 is 0 Å². The first kappa shape index (κ1) is 30.1. The Kier molecular flexibility index (Phi) is 9.67. The maximum atomic E-state index is 13.8. The fourth-order valence-electron chi connectivity index (χ4n) is 5.74. The van der Waals surface area contributed by atoms with Crippen LogP contribution >= 0.6 is 0 Å². The number of fused-ring (bicyclic) bond motifs is 1. The van der Waals surface area contributed by atoms with Crippen LogP contribution in [0.2, 0.25) is 0 Å². The molecule has 2 aromatic rings. The Labute approximate surface area is 239 Å². The van der Waals surface area contributed by atoms with E-state index in [4.69, 9.17) is 23.7 Å². The highest BCUT2D eigenvalue weighted by atomic mass is 16.6. The van der Waals surface area contributed by atoms with Crippen molar-refractivity contribution in [3.05, 3.63) is 71.4 Å². The lowest BCUT2D eigenvalue weighted by atomic mass is 9.66. The van der Waals surface area contributed by atoms with Crippen molar-refractivity contribution < 1.29 is 43.2 Å². The van der Waals surface area contributed by atoms with E-state index < -0.39 is 41.9 Å². The molecule has 1 saturated heterocycles. The van der Waals surface area contributed by atoms with Crippen LogP contribution in [-0.2, 0) is 41.6 Å². The number of aliphatic carboxylic acids is 1. The van der Waals surface area contributed by atoms with E-state index in [0.29, 0.717) is 30.2 Å². The quantitative estimate of drug-likeness (QED) is 0.384. The number of carbonyl (C=O) groups is 3. The molecule has 2 aliphatic rings. The number of methoxy groups -OCH3 is 3. The Morgan fingerprint density at radius 2 is 1.78 bits per heavy atom. The van der Waals surface area contributed by atoms with Crippen LogP contribution in [-0.4, -0.2) is 74.5 Å². The number of hydrogen-bond acceptors (Lipinski definition) is 8. The summed E-state index contributed by atoms with van der Waals surface area (Å²) in [7, 11) is 4.38. The molecule has 0 aromatic heterocycles. The summed E-state index contributed by atoms with van der Waals surface area (Å²) < 4.78 is 28.2. The number of carboxylic acids is 1. The van der Waals surface area contributed by atoms with E-state index in [9.17, 15) is 19.5 Å². The molecule has 10 nitrogen and oxygen atoms in total. The second-order valence-electron chi connectivity index (χ2n) is 10.3. The van der Waals surface area contributed by atoms with Crippen LogP contribution in [0.15, 0.2) is 60.3 Å². The second kappa shape index (κ2) is 13.2. The topological polar surface area (TPSA) is 121 Å². The highest BCUT2D eigenvalue weighted by Gasteiger charge is 2.59. The fraction of sp³-hybridized carbons (Fsp3) is 0.452. The van der Waals surface area contributed by atoms with E-state index in [1.54, 1.807) is 33.3 Å². The van der Waals surface area contributed by atoms with E-state index in [-0.39, 0.29) is 25.5 Å². The third-order valence-corrected chi connectivity index (χ3v) is 7.78. The lowest BCUT2D eigenvalue weighted by Gasteiger charge is -2.51. The molecule has 2 aromatic carbocycles. The minimum Gasteiger partial charge on any atom is -0.493 e. The number of esters is 1. The third-order valence-electron chi connectivity index (χ3n) is 7.78. The summed E-state index contributed by atoms with van der Waals surface area (Å²) in [4.78, 5) is 40.5. The van der Waals surface area contributed by atoms with Gasteiger partial charge >= 0.3 is 11.9 Å². The van der Waals surface area contributed by atoms with Gasteiger partial charge in [-0.1, -0.05) is 36.4 Å². The Morgan fingerprint density at radius 3 is 2.44 bits per heavy atom. The Hall–Kier alpha value is -3.89. The molecular weight excluding hydrogens is 530 g/mol. The first-order valence-electron chi connectivity index (χ1n) is 13.5. The molecule has 4 rings (SSSR count). The lowest BCUT2D eigenvalue weighted by molar-refractivity contribution is -0.178. The van der Waals surface area contributed by atoms with Crippen LogP contribution in [0.5, 0.6) is 11.5 Å². The van der Waals surface area contributed by atoms with Crippen LogP contribution < -0.4 is 9.47 Å². The van der Waals surface area contributed by atoms with Crippen LogP contribution in [0, 0.1) is 11.3 Å². The molecule has 1 amide bonds. The summed E-state index contributed by atoms with van der Waals surface area (Å²) in [5, 5.41) is 9.58. The fourth-order valence-corrected chi connectivity index (χ4v) is 5.74. The zero-order valence-corrected chi connectivity index (χ0v) is 23.8. The predicted octanol–water partition coefficient (Wildman–Crippen LogP) is 3.62. The first-order chi connectivity index (χ1) is 19.7. The van der Waals surface area contributed by atoms with Crippen molar-refractivity contribution in [2.75, 3.05) is 34.5 Å². The van der Waals surface area contributed by atoms with Gasteiger partial charge in [-0.15, -0.1) is 0 Å². The van der Waals surface area contributed by atoms with Crippen molar-refractivity contribution in [2.24, 2.45) is 11.3 Å². The largest absolute Gasteiger partial charge is 0.493 e. The molecule has 2 heterocycles. The summed E-state index contributed by atoms with van der Waals surface area (Å²) in [6.07, 6.45) is 0.509. The van der Waals surface area contributed by atoms with Gasteiger partial charge in [-0.2, -0.15) is 0 Å². The molecule has 1 fully saturated rings. The molecule has 0 aliphatic carbocycles. The molecule has 10 heteroatoms. The van der Waals surface area contributed by atoms with Crippen molar-refractivity contribution in [2.45, 2.75) is 45.0 Å². The van der Waals surface area contributed by atoms with Crippen molar-refractivity contribution in [1.82, 2.24) is 4.90 Å². The van der Waals surface area contributed by atoms with E-state index in [1.807, 2.05) is 42.5 Å². The standard InChI is InChI=1S/C31H37NO9/c1-20-31(30(36)39-4)17-23(15-28(33)34)29(35)32(13-12-21-10-11-25(37-2)26(14-21)38-3)27(31)16-24(41-20)19-40-18-22-8-6-5-7-9-22/h5-11,14,16,20,23-24H,12-13,15,17-19H2,1-4H3,(H,33,34)/t20-,23-,24-,31+/m0/s1. The molecule has 41 heavy (non-hydrogen) atoms. The predicted molar refractivity (Wildman–Crippen MR) is 148 cm³/mol. The van der Waals surface area contributed by atoms with Crippen molar-refractivity contribution in [3.63, 3.8) is 0 Å². The van der Waals surface area contributed by atoms with E-state index in [0.717, 1.165) is 11.1 Å². The van der Waals surface area contributed by atoms with Gasteiger partial charge in [0.15, 0.2) is 11.5 Å². The summed E-state index contributed by atoms with van der Waals surface area (Å²) in [6, 6.07) is 15.2. The number of likely N-dealkylation sites (tertiary alicyclic amines) is 1. The van der Waals surface area contributed by atoms with Gasteiger partial charge in [0.1, 0.15) is 11.5 Å². The Morgan fingerprint density at radius 1 is 1.05 bits per heavy atom. The summed E-state index contributed by atoms with van der Waals surface area (Å²) >= 11 is 0. The maximum Gasteiger partial charge on any atom is 0.320 e. The summed E-state index contributed by atoms with van der Waals surface area (Å²) in [6.45, 7) is 2.55. The van der Waals surface area contributed by atoms with Gasteiger partial charge < -0.3 is 33.7 Å². The molecule has 220 valence electrons. The van der Waals surface area contributed by atoms with Gasteiger partial charge in [0.05, 0.1) is 53.0 Å². The van der Waals surface area contributed by atoms with Crippen LogP contribution in [0.1, 0.15) is 30.9 Å². The summed E-state index contributed by atoms with van der Waals surface area (Å²) in [5.41, 5.74) is 0.997. The molecule has 0 saturated carbocycles. The number of carboxylic acid groups (broad SMARTS) is 1. The molecule has 0 radical (unpaired) electrons. The van der Waals surface area contributed by atoms with Gasteiger partial charge in [0.2, 0.25) is 5.91 Å². The molecule has 4 atom stereocenters. The molecular formula is C31H37NO9. The number of rotatable bonds is 12. The molecule has 0 bridgehead atoms. The maximum absolute atomic E-state index is 13.8. The molecule has 0 spiro atoms. The normalized spacial score (nSPS) is 23.8. The number of ether oxygens (including phenoxy) is 5. The van der Waals surface area contributed by atoms with Crippen molar-refractivity contribution in [1.29, 1.82) is 0 Å². The van der Waals surface area contributed by atoms with Crippen LogP contribution in [0.4, 0.5) is 0 Å². The van der Waals surface area contributed by atoms with E-state index in [2.05, 4.69) is 0 Å². The SMILES string of the molecule is COC(=O)[C@@]12C[C@H](CC(=O)O)C(=O)N(CCc3ccc(OC)c(OC)c3)C1=C[C@@H](COCc1ccccc1)O[C@H]2C. The van der Waals surface area contributed by atoms with Gasteiger partial charge in [0.25, 0.3) is 0 Å². The summed E-state index contributed by atoms with van der Waals surface area (Å²) in [5.74, 6) is -1.83. The smallest absolute Gasteiger partial charge is 0.320 e. The third kappa shape index (κ3) is 6.39. The Balaban J connectivity index is 1.67. The highest BCUT2D eigenvalue weighted by molar-refractivity contribution is 5.92. The van der Waals surface area contributed by atoms with Gasteiger partial charge in [0, 0.05) is 12.2 Å². The first-order valence-corrected chi connectivity index (χ1v) is 13.5. The Bertz CT molecular complexity index is 1280. The lowest BCUT2D eigenvalue weighted by Crippen LogP contribution is -2.60. The minimum absolute atomic E-state index is 0.0255. The highest BCUT2D eigenvalue weighted by Crippen LogP contribution is 2.50. The average molecular weight is 568 g/mol. The number of benzene rings is 2. The van der Waals surface area contributed by atoms with Crippen LogP contribution in [0.3, 0.4) is 0 Å². The molecule has 0 unspecified atom stereocenters. The number of hydrogen-bond donors (Lipinski definition) is 1. The van der Waals surface area contributed by atoms with Crippen LogP contribution in [0.25, 0.3) is 0 Å². The second-order valence-corrected chi connectivity index (χ2v) is 10.3. The minimum atomic E-state index is -1.35. The number of carbonyl (C=O) groups excluding carboxylic acids is 2.